The number of nitrogens with zero attached hydrogens (tertiary/aromatic N) is 2. The first-order valence-corrected chi connectivity index (χ1v) is 8.38. The Morgan fingerprint density at radius 2 is 2.03 bits per heavy atom. The van der Waals surface area contributed by atoms with Gasteiger partial charge in [0.2, 0.25) is 5.88 Å². The maximum atomic E-state index is 13.5. The Balaban J connectivity index is 1.67. The number of hydrogen-bond acceptors (Lipinski definition) is 5. The van der Waals surface area contributed by atoms with E-state index in [1.54, 1.807) is 24.4 Å². The third-order valence-corrected chi connectivity index (χ3v) is 3.90. The van der Waals surface area contributed by atoms with Crippen LogP contribution in [0.25, 0.3) is 11.3 Å². The van der Waals surface area contributed by atoms with E-state index in [1.807, 2.05) is 0 Å². The number of hydrogen-bond donors (Lipinski definition) is 1. The SMILES string of the molecule is Cc1onc(-c2cccc(F)c2)c1COc1ccc(C(=O)NCC(F)(F)F)cn1. The van der Waals surface area contributed by atoms with Crippen LogP contribution >= 0.6 is 0 Å². The fraction of sp³-hybridized carbons (Fsp3) is 0.211. The molecule has 152 valence electrons. The number of aromatic nitrogens is 2. The van der Waals surface area contributed by atoms with Gasteiger partial charge < -0.3 is 14.6 Å². The number of benzene rings is 1. The summed E-state index contributed by atoms with van der Waals surface area (Å²) >= 11 is 0. The number of alkyl halides is 3. The molecule has 1 amide bonds. The average Bonchev–Trinajstić information content (AvgIpc) is 3.05. The Bertz CT molecular complexity index is 1000. The van der Waals surface area contributed by atoms with Crippen LogP contribution in [0.3, 0.4) is 0 Å². The molecular formula is C19H15F4N3O3. The number of rotatable bonds is 6. The van der Waals surface area contributed by atoms with Crippen LogP contribution in [-0.2, 0) is 6.61 Å². The predicted octanol–water partition coefficient (Wildman–Crippen LogP) is 4.06. The highest BCUT2D eigenvalue weighted by Gasteiger charge is 2.28. The van der Waals surface area contributed by atoms with Crippen molar-refractivity contribution in [3.63, 3.8) is 0 Å². The maximum absolute atomic E-state index is 13.5. The number of ether oxygens (including phenoxy) is 1. The highest BCUT2D eigenvalue weighted by atomic mass is 19.4. The molecule has 0 atom stereocenters. The molecule has 0 radical (unpaired) electrons. The maximum Gasteiger partial charge on any atom is 0.405 e. The minimum Gasteiger partial charge on any atom is -0.473 e. The molecule has 6 nitrogen and oxygen atoms in total. The van der Waals surface area contributed by atoms with Crippen LogP contribution in [-0.4, -0.2) is 28.8 Å². The van der Waals surface area contributed by atoms with E-state index in [4.69, 9.17) is 9.26 Å². The molecule has 0 aliphatic rings. The lowest BCUT2D eigenvalue weighted by molar-refractivity contribution is -0.123. The fourth-order valence-electron chi connectivity index (χ4n) is 2.45. The number of amides is 1. The number of nitrogens with one attached hydrogen (secondary N) is 1. The van der Waals surface area contributed by atoms with Crippen molar-refractivity contribution in [2.75, 3.05) is 6.54 Å². The van der Waals surface area contributed by atoms with Gasteiger partial charge in [-0.25, -0.2) is 9.37 Å². The van der Waals surface area contributed by atoms with E-state index in [9.17, 15) is 22.4 Å². The van der Waals surface area contributed by atoms with Gasteiger partial charge in [0.25, 0.3) is 5.91 Å². The second kappa shape index (κ2) is 8.29. The van der Waals surface area contributed by atoms with Crippen molar-refractivity contribution >= 4 is 5.91 Å². The summed E-state index contributed by atoms with van der Waals surface area (Å²) in [4.78, 5) is 15.6. The van der Waals surface area contributed by atoms with Crippen LogP contribution in [0, 0.1) is 12.7 Å². The van der Waals surface area contributed by atoms with Gasteiger partial charge in [-0.3, -0.25) is 4.79 Å². The first-order chi connectivity index (χ1) is 13.7. The highest BCUT2D eigenvalue weighted by molar-refractivity contribution is 5.93. The summed E-state index contributed by atoms with van der Waals surface area (Å²) in [6.07, 6.45) is -3.39. The zero-order chi connectivity index (χ0) is 21.0. The lowest BCUT2D eigenvalue weighted by atomic mass is 10.1. The van der Waals surface area contributed by atoms with Gasteiger partial charge in [0.1, 0.15) is 30.4 Å². The van der Waals surface area contributed by atoms with E-state index in [0.717, 1.165) is 6.20 Å². The molecule has 0 unspecified atom stereocenters. The molecule has 1 N–H and O–H groups in total. The average molecular weight is 409 g/mol. The lowest BCUT2D eigenvalue weighted by Gasteiger charge is -2.09. The van der Waals surface area contributed by atoms with E-state index in [-0.39, 0.29) is 18.1 Å². The van der Waals surface area contributed by atoms with Crippen LogP contribution in [0.2, 0.25) is 0 Å². The molecule has 0 spiro atoms. The van der Waals surface area contributed by atoms with Crippen molar-refractivity contribution < 1.29 is 31.6 Å². The number of carbonyl (C=O) groups excluding carboxylic acids is 1. The molecule has 2 heterocycles. The molecule has 29 heavy (non-hydrogen) atoms. The van der Waals surface area contributed by atoms with Crippen LogP contribution in [0.1, 0.15) is 21.7 Å². The van der Waals surface area contributed by atoms with E-state index >= 15 is 0 Å². The predicted molar refractivity (Wildman–Crippen MR) is 93.6 cm³/mol. The summed E-state index contributed by atoms with van der Waals surface area (Å²) in [5.74, 6) is -0.698. The minimum absolute atomic E-state index is 0.00773. The first-order valence-electron chi connectivity index (χ1n) is 8.38. The van der Waals surface area contributed by atoms with Crippen LogP contribution < -0.4 is 10.1 Å². The molecule has 0 saturated heterocycles. The van der Waals surface area contributed by atoms with Gasteiger partial charge in [0.15, 0.2) is 0 Å². The summed E-state index contributed by atoms with van der Waals surface area (Å²) in [5.41, 5.74) is 1.49. The lowest BCUT2D eigenvalue weighted by Crippen LogP contribution is -2.33. The van der Waals surface area contributed by atoms with Crippen molar-refractivity contribution in [3.05, 3.63) is 65.3 Å². The quantitative estimate of drug-likeness (QED) is 0.622. The van der Waals surface area contributed by atoms with Gasteiger partial charge in [-0.05, 0) is 25.1 Å². The van der Waals surface area contributed by atoms with Gasteiger partial charge in [-0.1, -0.05) is 17.3 Å². The first kappa shape index (κ1) is 20.3. The summed E-state index contributed by atoms with van der Waals surface area (Å²) in [6, 6.07) is 8.49. The van der Waals surface area contributed by atoms with Crippen LogP contribution in [0.15, 0.2) is 47.1 Å². The third kappa shape index (κ3) is 5.31. The normalized spacial score (nSPS) is 11.3. The van der Waals surface area contributed by atoms with Crippen molar-refractivity contribution in [1.82, 2.24) is 15.5 Å². The fourth-order valence-corrected chi connectivity index (χ4v) is 2.45. The molecule has 0 saturated carbocycles. The van der Waals surface area contributed by atoms with Gasteiger partial charge in [0, 0.05) is 17.8 Å². The van der Waals surface area contributed by atoms with Crippen molar-refractivity contribution in [2.45, 2.75) is 19.7 Å². The van der Waals surface area contributed by atoms with Crippen LogP contribution in [0.5, 0.6) is 5.88 Å². The summed E-state index contributed by atoms with van der Waals surface area (Å²) in [5, 5.41) is 5.68. The Labute approximate surface area is 162 Å². The largest absolute Gasteiger partial charge is 0.473 e. The van der Waals surface area contributed by atoms with E-state index in [1.165, 1.54) is 24.3 Å². The van der Waals surface area contributed by atoms with Crippen molar-refractivity contribution in [3.8, 4) is 17.1 Å². The summed E-state index contributed by atoms with van der Waals surface area (Å²) < 4.78 is 60.7. The molecule has 10 heteroatoms. The number of pyridine rings is 1. The molecule has 0 fully saturated rings. The number of carbonyl (C=O) groups is 1. The summed E-state index contributed by atoms with van der Waals surface area (Å²) in [7, 11) is 0. The van der Waals surface area contributed by atoms with Crippen LogP contribution in [0.4, 0.5) is 17.6 Å². The second-order valence-electron chi connectivity index (χ2n) is 6.05. The van der Waals surface area contributed by atoms with E-state index in [2.05, 4.69) is 10.1 Å². The standard InChI is InChI=1S/C19H15F4N3O3/c1-11-15(17(26-29-11)12-3-2-4-14(20)7-12)9-28-16-6-5-13(8-24-16)18(27)25-10-19(21,22)23/h2-8H,9-10H2,1H3,(H,25,27). The van der Waals surface area contributed by atoms with Crippen molar-refractivity contribution in [1.29, 1.82) is 0 Å². The second-order valence-corrected chi connectivity index (χ2v) is 6.05. The van der Waals surface area contributed by atoms with E-state index in [0.29, 0.717) is 22.6 Å². The zero-order valence-electron chi connectivity index (χ0n) is 15.1. The van der Waals surface area contributed by atoms with E-state index < -0.39 is 24.4 Å². The molecule has 0 aliphatic heterocycles. The van der Waals surface area contributed by atoms with Crippen molar-refractivity contribution in [2.24, 2.45) is 0 Å². The molecule has 3 aromatic rings. The molecule has 2 aromatic heterocycles. The molecular weight excluding hydrogens is 394 g/mol. The number of aryl methyl sites for hydroxylation is 1. The van der Waals surface area contributed by atoms with Gasteiger partial charge in [-0.15, -0.1) is 0 Å². The third-order valence-electron chi connectivity index (χ3n) is 3.90. The molecule has 0 bridgehead atoms. The Hall–Kier alpha value is -3.43. The highest BCUT2D eigenvalue weighted by Crippen LogP contribution is 2.26. The number of halogens is 4. The minimum atomic E-state index is -4.50. The topological polar surface area (TPSA) is 77.2 Å². The Morgan fingerprint density at radius 3 is 2.69 bits per heavy atom. The van der Waals surface area contributed by atoms with Gasteiger partial charge >= 0.3 is 6.18 Å². The van der Waals surface area contributed by atoms with Gasteiger partial charge in [0.05, 0.1) is 11.1 Å². The zero-order valence-corrected chi connectivity index (χ0v) is 15.1. The summed E-state index contributed by atoms with van der Waals surface area (Å²) in [6.45, 7) is 0.253. The Kier molecular flexibility index (Phi) is 5.81. The van der Waals surface area contributed by atoms with Gasteiger partial charge in [-0.2, -0.15) is 13.2 Å². The molecule has 1 aromatic carbocycles. The molecule has 3 rings (SSSR count). The monoisotopic (exact) mass is 409 g/mol. The molecule has 0 aliphatic carbocycles. The Morgan fingerprint density at radius 1 is 1.24 bits per heavy atom. The smallest absolute Gasteiger partial charge is 0.405 e.